The lowest BCUT2D eigenvalue weighted by Gasteiger charge is -2.21. The Morgan fingerprint density at radius 3 is 2.71 bits per heavy atom. The maximum absolute atomic E-state index is 14.0. The zero-order valence-electron chi connectivity index (χ0n) is 12.2. The van der Waals surface area contributed by atoms with E-state index >= 15 is 0 Å². The van der Waals surface area contributed by atoms with Crippen molar-refractivity contribution in [3.8, 4) is 0 Å². The van der Waals surface area contributed by atoms with Crippen LogP contribution in [0.3, 0.4) is 0 Å². The molecule has 2 aromatic carbocycles. The van der Waals surface area contributed by atoms with Gasteiger partial charge in [0.05, 0.1) is 0 Å². The van der Waals surface area contributed by atoms with Crippen LogP contribution < -0.4 is 5.32 Å². The molecule has 21 heavy (non-hydrogen) atoms. The van der Waals surface area contributed by atoms with E-state index < -0.39 is 0 Å². The number of hydrogen-bond acceptors (Lipinski definition) is 2. The van der Waals surface area contributed by atoms with E-state index in [0.717, 1.165) is 16.6 Å². The first-order chi connectivity index (χ1) is 10.2. The van der Waals surface area contributed by atoms with Crippen molar-refractivity contribution in [2.45, 2.75) is 24.3 Å². The summed E-state index contributed by atoms with van der Waals surface area (Å²) in [5.41, 5.74) is 1.96. The van der Waals surface area contributed by atoms with Crippen LogP contribution >= 0.6 is 27.7 Å². The van der Waals surface area contributed by atoms with Crippen LogP contribution in [-0.2, 0) is 6.42 Å². The van der Waals surface area contributed by atoms with Gasteiger partial charge in [-0.15, -0.1) is 11.8 Å². The Morgan fingerprint density at radius 2 is 2.00 bits per heavy atom. The van der Waals surface area contributed by atoms with Crippen LogP contribution in [0.1, 0.15) is 24.1 Å². The van der Waals surface area contributed by atoms with Gasteiger partial charge in [0.2, 0.25) is 0 Å². The van der Waals surface area contributed by atoms with Crippen LogP contribution in [0, 0.1) is 5.82 Å². The lowest BCUT2D eigenvalue weighted by Crippen LogP contribution is -2.24. The summed E-state index contributed by atoms with van der Waals surface area (Å²) >= 11 is 5.14. The molecule has 2 aromatic rings. The average Bonchev–Trinajstić information content (AvgIpc) is 2.50. The van der Waals surface area contributed by atoms with Crippen molar-refractivity contribution in [3.63, 3.8) is 0 Å². The molecule has 1 N–H and O–H groups in total. The lowest BCUT2D eigenvalue weighted by atomic mass is 9.98. The van der Waals surface area contributed by atoms with Gasteiger partial charge in [-0.05, 0) is 54.6 Å². The molecule has 112 valence electrons. The summed E-state index contributed by atoms with van der Waals surface area (Å²) in [6.45, 7) is 2.93. The Labute approximate surface area is 138 Å². The van der Waals surface area contributed by atoms with E-state index in [-0.39, 0.29) is 11.9 Å². The van der Waals surface area contributed by atoms with Gasteiger partial charge in [-0.1, -0.05) is 41.1 Å². The fraction of sp³-hybridized carbons (Fsp3) is 0.294. The number of rotatable bonds is 6. The summed E-state index contributed by atoms with van der Waals surface area (Å²) in [6.07, 6.45) is 2.71. The molecule has 1 atom stereocenters. The molecule has 0 aliphatic heterocycles. The van der Waals surface area contributed by atoms with Gasteiger partial charge in [-0.25, -0.2) is 4.39 Å². The van der Waals surface area contributed by atoms with Crippen molar-refractivity contribution < 1.29 is 4.39 Å². The number of thioether (sulfide) groups is 1. The van der Waals surface area contributed by atoms with E-state index in [2.05, 4.69) is 46.6 Å². The molecule has 0 aliphatic rings. The number of benzene rings is 2. The molecule has 0 saturated carbocycles. The van der Waals surface area contributed by atoms with Gasteiger partial charge in [-0.3, -0.25) is 0 Å². The second-order valence-corrected chi connectivity index (χ2v) is 6.56. The summed E-state index contributed by atoms with van der Waals surface area (Å²) in [6, 6.07) is 13.5. The standard InChI is InChI=1S/C17H19BrFNS/c1-3-20-16(14-6-4-5-7-17(14)21-2)11-12-10-13(18)8-9-15(12)19/h4-10,16,20H,3,11H2,1-2H3. The Hall–Kier alpha value is -0.840. The molecular formula is C17H19BrFNS. The van der Waals surface area contributed by atoms with Gasteiger partial charge < -0.3 is 5.32 Å². The molecule has 0 heterocycles. The van der Waals surface area contributed by atoms with E-state index in [1.807, 2.05) is 18.2 Å². The predicted molar refractivity (Wildman–Crippen MR) is 92.4 cm³/mol. The smallest absolute Gasteiger partial charge is 0.126 e. The number of halogens is 2. The lowest BCUT2D eigenvalue weighted by molar-refractivity contribution is 0.522. The summed E-state index contributed by atoms with van der Waals surface area (Å²) in [4.78, 5) is 1.24. The van der Waals surface area contributed by atoms with Gasteiger partial charge in [0.1, 0.15) is 5.82 Å². The SMILES string of the molecule is CCNC(Cc1cc(Br)ccc1F)c1ccccc1SC. The van der Waals surface area contributed by atoms with Crippen molar-refractivity contribution in [2.75, 3.05) is 12.8 Å². The van der Waals surface area contributed by atoms with Gasteiger partial charge in [0.15, 0.2) is 0 Å². The highest BCUT2D eigenvalue weighted by atomic mass is 79.9. The van der Waals surface area contributed by atoms with Gasteiger partial charge in [0, 0.05) is 15.4 Å². The van der Waals surface area contributed by atoms with E-state index in [1.165, 1.54) is 16.5 Å². The Balaban J connectivity index is 2.33. The van der Waals surface area contributed by atoms with Crippen molar-refractivity contribution in [1.82, 2.24) is 5.32 Å². The van der Waals surface area contributed by atoms with Crippen LogP contribution in [0.15, 0.2) is 51.8 Å². The summed E-state index contributed by atoms with van der Waals surface area (Å²) in [5, 5.41) is 3.47. The maximum atomic E-state index is 14.0. The Bertz CT molecular complexity index is 603. The monoisotopic (exact) mass is 367 g/mol. The predicted octanol–water partition coefficient (Wildman–Crippen LogP) is 5.20. The first-order valence-electron chi connectivity index (χ1n) is 6.96. The molecule has 0 aliphatic carbocycles. The molecule has 1 unspecified atom stereocenters. The van der Waals surface area contributed by atoms with Crippen LogP contribution in [0.4, 0.5) is 4.39 Å². The Morgan fingerprint density at radius 1 is 1.24 bits per heavy atom. The van der Waals surface area contributed by atoms with E-state index in [0.29, 0.717) is 6.42 Å². The molecule has 0 saturated heterocycles. The van der Waals surface area contributed by atoms with Crippen molar-refractivity contribution in [2.24, 2.45) is 0 Å². The minimum atomic E-state index is -0.150. The molecule has 0 bridgehead atoms. The minimum Gasteiger partial charge on any atom is -0.310 e. The van der Waals surface area contributed by atoms with Gasteiger partial charge >= 0.3 is 0 Å². The quantitative estimate of drug-likeness (QED) is 0.703. The maximum Gasteiger partial charge on any atom is 0.126 e. The van der Waals surface area contributed by atoms with Gasteiger partial charge in [-0.2, -0.15) is 0 Å². The highest BCUT2D eigenvalue weighted by Crippen LogP contribution is 2.29. The molecule has 1 nitrogen and oxygen atoms in total. The number of nitrogens with one attached hydrogen (secondary N) is 1. The fourth-order valence-corrected chi connectivity index (χ4v) is 3.48. The summed E-state index contributed by atoms with van der Waals surface area (Å²) in [5.74, 6) is -0.150. The topological polar surface area (TPSA) is 12.0 Å². The summed E-state index contributed by atoms with van der Waals surface area (Å²) in [7, 11) is 0. The molecule has 0 fully saturated rings. The molecule has 4 heteroatoms. The van der Waals surface area contributed by atoms with Gasteiger partial charge in [0.25, 0.3) is 0 Å². The molecule has 0 aromatic heterocycles. The normalized spacial score (nSPS) is 12.4. The molecule has 0 spiro atoms. The summed E-state index contributed by atoms with van der Waals surface area (Å²) < 4.78 is 14.9. The van der Waals surface area contributed by atoms with Crippen LogP contribution in [-0.4, -0.2) is 12.8 Å². The van der Waals surface area contributed by atoms with Crippen molar-refractivity contribution in [1.29, 1.82) is 0 Å². The fourth-order valence-electron chi connectivity index (χ4n) is 2.41. The third-order valence-corrected chi connectivity index (χ3v) is 4.70. The zero-order valence-corrected chi connectivity index (χ0v) is 14.6. The third-order valence-electron chi connectivity index (χ3n) is 3.40. The molecule has 0 radical (unpaired) electrons. The zero-order chi connectivity index (χ0) is 15.2. The number of hydrogen-bond donors (Lipinski definition) is 1. The van der Waals surface area contributed by atoms with E-state index in [1.54, 1.807) is 17.8 Å². The highest BCUT2D eigenvalue weighted by molar-refractivity contribution is 9.10. The van der Waals surface area contributed by atoms with Crippen LogP contribution in [0.25, 0.3) is 0 Å². The number of likely N-dealkylation sites (N-methyl/N-ethyl adjacent to an activating group) is 1. The van der Waals surface area contributed by atoms with Crippen molar-refractivity contribution >= 4 is 27.7 Å². The van der Waals surface area contributed by atoms with Crippen LogP contribution in [0.5, 0.6) is 0 Å². The second kappa shape index (κ2) is 7.97. The molecular weight excluding hydrogens is 349 g/mol. The minimum absolute atomic E-state index is 0.113. The van der Waals surface area contributed by atoms with Crippen LogP contribution in [0.2, 0.25) is 0 Å². The molecule has 0 amide bonds. The highest BCUT2D eigenvalue weighted by Gasteiger charge is 2.16. The molecule has 2 rings (SSSR count). The first-order valence-corrected chi connectivity index (χ1v) is 8.97. The first kappa shape index (κ1) is 16.5. The second-order valence-electron chi connectivity index (χ2n) is 4.79. The third kappa shape index (κ3) is 4.31. The Kier molecular flexibility index (Phi) is 6.27. The van der Waals surface area contributed by atoms with E-state index in [4.69, 9.17) is 0 Å². The van der Waals surface area contributed by atoms with Crippen molar-refractivity contribution in [3.05, 3.63) is 63.9 Å². The van der Waals surface area contributed by atoms with E-state index in [9.17, 15) is 4.39 Å². The largest absolute Gasteiger partial charge is 0.310 e. The average molecular weight is 368 g/mol.